The average Bonchev–Trinajstić information content (AvgIpc) is 3.31. The summed E-state index contributed by atoms with van der Waals surface area (Å²) in [4.78, 5) is 6.71. The van der Waals surface area contributed by atoms with Crippen molar-refractivity contribution < 1.29 is 17.9 Å². The number of anilines is 4. The smallest absolute Gasteiger partial charge is 0.245 e. The van der Waals surface area contributed by atoms with Gasteiger partial charge in [-0.05, 0) is 36.4 Å². The lowest BCUT2D eigenvalue weighted by atomic mass is 10.1. The molecule has 36 heavy (non-hydrogen) atoms. The van der Waals surface area contributed by atoms with Gasteiger partial charge in [0, 0.05) is 31.4 Å². The first-order chi connectivity index (χ1) is 17.3. The lowest BCUT2D eigenvalue weighted by molar-refractivity contribution is 0.122. The summed E-state index contributed by atoms with van der Waals surface area (Å²) < 4.78 is 38.5. The molecule has 188 valence electrons. The molecule has 0 saturated carbocycles. The summed E-state index contributed by atoms with van der Waals surface area (Å²) in [6, 6.07) is 17.0. The van der Waals surface area contributed by atoms with Crippen LogP contribution in [-0.4, -0.2) is 69.7 Å². The highest BCUT2D eigenvalue weighted by Crippen LogP contribution is 2.34. The first-order valence-corrected chi connectivity index (χ1v) is 13.4. The number of methoxy groups -OCH3 is 1. The molecule has 2 aromatic heterocycles. The van der Waals surface area contributed by atoms with Crippen LogP contribution in [0.2, 0.25) is 0 Å². The second-order valence-corrected chi connectivity index (χ2v) is 10.5. The standard InChI is InChI=1S/C25H28N6O4S/c1-29(36(3,32)33)21-7-5-4-6-20(21)22-10-9-19-17-26-25(28-31(19)22)27-18-8-11-24(34-2)23(16-18)30-12-14-35-15-13-30/h4-11,16-17H,12-15H2,1-3H3,(H,27,28). The van der Waals surface area contributed by atoms with E-state index in [1.807, 2.05) is 48.5 Å². The molecule has 1 fully saturated rings. The van der Waals surface area contributed by atoms with Crippen molar-refractivity contribution in [1.82, 2.24) is 14.6 Å². The number of para-hydroxylation sites is 1. The summed E-state index contributed by atoms with van der Waals surface area (Å²) in [5.74, 6) is 1.20. The van der Waals surface area contributed by atoms with Gasteiger partial charge in [-0.2, -0.15) is 0 Å². The average molecular weight is 509 g/mol. The Morgan fingerprint density at radius 1 is 1.08 bits per heavy atom. The maximum atomic E-state index is 12.2. The predicted octanol–water partition coefficient (Wildman–Crippen LogP) is 3.38. The number of nitrogens with one attached hydrogen (secondary N) is 1. The van der Waals surface area contributed by atoms with Gasteiger partial charge in [-0.25, -0.2) is 17.9 Å². The first-order valence-electron chi connectivity index (χ1n) is 11.5. The van der Waals surface area contributed by atoms with Gasteiger partial charge in [0.15, 0.2) is 0 Å². The normalized spacial score (nSPS) is 14.1. The molecule has 0 atom stereocenters. The third-order valence-corrected chi connectivity index (χ3v) is 7.39. The molecule has 0 radical (unpaired) electrons. The van der Waals surface area contributed by atoms with E-state index in [9.17, 15) is 8.42 Å². The fourth-order valence-electron chi connectivity index (χ4n) is 4.25. The third kappa shape index (κ3) is 4.67. The summed E-state index contributed by atoms with van der Waals surface area (Å²) in [5, 5.41) is 8.01. The van der Waals surface area contributed by atoms with Crippen LogP contribution in [0.15, 0.2) is 60.8 Å². The van der Waals surface area contributed by atoms with E-state index in [2.05, 4.69) is 15.2 Å². The zero-order valence-electron chi connectivity index (χ0n) is 20.4. The molecule has 0 unspecified atom stereocenters. The molecule has 0 amide bonds. The molecule has 0 aliphatic carbocycles. The molecule has 2 aromatic carbocycles. The Morgan fingerprint density at radius 2 is 1.86 bits per heavy atom. The van der Waals surface area contributed by atoms with Crippen molar-refractivity contribution in [3.8, 4) is 17.0 Å². The largest absolute Gasteiger partial charge is 0.495 e. The van der Waals surface area contributed by atoms with Gasteiger partial charge in [0.2, 0.25) is 16.0 Å². The summed E-state index contributed by atoms with van der Waals surface area (Å²) >= 11 is 0. The highest BCUT2D eigenvalue weighted by Gasteiger charge is 2.19. The second-order valence-electron chi connectivity index (χ2n) is 8.50. The van der Waals surface area contributed by atoms with Crippen LogP contribution in [0.5, 0.6) is 5.75 Å². The zero-order chi connectivity index (χ0) is 25.3. The minimum atomic E-state index is -3.43. The van der Waals surface area contributed by atoms with Crippen LogP contribution < -0.4 is 19.3 Å². The monoisotopic (exact) mass is 508 g/mol. The van der Waals surface area contributed by atoms with Crippen molar-refractivity contribution in [3.05, 3.63) is 60.8 Å². The Hall–Kier alpha value is -3.83. The Labute approximate surface area is 210 Å². The van der Waals surface area contributed by atoms with E-state index in [0.717, 1.165) is 47.0 Å². The number of hydrogen-bond acceptors (Lipinski definition) is 8. The van der Waals surface area contributed by atoms with Crippen molar-refractivity contribution >= 4 is 38.6 Å². The number of morpholine rings is 1. The minimum absolute atomic E-state index is 0.409. The summed E-state index contributed by atoms with van der Waals surface area (Å²) in [6.07, 6.45) is 2.92. The van der Waals surface area contributed by atoms with E-state index in [-0.39, 0.29) is 0 Å². The van der Waals surface area contributed by atoms with Gasteiger partial charge in [-0.1, -0.05) is 18.2 Å². The van der Waals surface area contributed by atoms with E-state index >= 15 is 0 Å². The molecule has 3 heterocycles. The molecule has 1 saturated heterocycles. The molecule has 1 aliphatic rings. The number of hydrogen-bond donors (Lipinski definition) is 1. The summed E-state index contributed by atoms with van der Waals surface area (Å²) in [6.45, 7) is 2.92. The Kier molecular flexibility index (Phi) is 6.42. The van der Waals surface area contributed by atoms with Gasteiger partial charge >= 0.3 is 0 Å². The van der Waals surface area contributed by atoms with E-state index < -0.39 is 10.0 Å². The van der Waals surface area contributed by atoms with Crippen LogP contribution in [0.4, 0.5) is 23.0 Å². The maximum absolute atomic E-state index is 12.2. The molecule has 1 N–H and O–H groups in total. The van der Waals surface area contributed by atoms with Crippen molar-refractivity contribution in [1.29, 1.82) is 0 Å². The van der Waals surface area contributed by atoms with Crippen molar-refractivity contribution in [2.45, 2.75) is 0 Å². The van der Waals surface area contributed by atoms with Crippen LogP contribution in [0.3, 0.4) is 0 Å². The summed E-state index contributed by atoms with van der Waals surface area (Å²) in [5.41, 5.74) is 4.66. The lowest BCUT2D eigenvalue weighted by Crippen LogP contribution is -2.36. The van der Waals surface area contributed by atoms with Crippen LogP contribution in [0.25, 0.3) is 16.8 Å². The quantitative estimate of drug-likeness (QED) is 0.406. The van der Waals surface area contributed by atoms with E-state index in [1.165, 1.54) is 10.6 Å². The van der Waals surface area contributed by atoms with E-state index in [4.69, 9.17) is 14.6 Å². The topological polar surface area (TPSA) is 101 Å². The Morgan fingerprint density at radius 3 is 2.61 bits per heavy atom. The van der Waals surface area contributed by atoms with Gasteiger partial charge in [0.05, 0.1) is 55.4 Å². The van der Waals surface area contributed by atoms with Crippen LogP contribution in [-0.2, 0) is 14.8 Å². The molecule has 11 heteroatoms. The van der Waals surface area contributed by atoms with Gasteiger partial charge in [-0.3, -0.25) is 4.31 Å². The molecule has 1 aliphatic heterocycles. The van der Waals surface area contributed by atoms with Crippen molar-refractivity contribution in [2.75, 3.05) is 61.2 Å². The minimum Gasteiger partial charge on any atom is -0.495 e. The maximum Gasteiger partial charge on any atom is 0.245 e. The SMILES string of the molecule is COc1ccc(Nc2ncc3ccc(-c4ccccc4N(C)S(C)(=O)=O)n3n2)cc1N1CCOCC1. The Balaban J connectivity index is 1.50. The number of sulfonamides is 1. The number of nitrogens with zero attached hydrogens (tertiary/aromatic N) is 5. The third-order valence-electron chi connectivity index (χ3n) is 6.20. The molecular formula is C25H28N6O4S. The number of benzene rings is 2. The Bertz CT molecular complexity index is 1500. The van der Waals surface area contributed by atoms with Crippen LogP contribution in [0, 0.1) is 0 Å². The van der Waals surface area contributed by atoms with Gasteiger partial charge in [0.1, 0.15) is 5.75 Å². The van der Waals surface area contributed by atoms with Crippen LogP contribution in [0.1, 0.15) is 0 Å². The van der Waals surface area contributed by atoms with E-state index in [0.29, 0.717) is 24.8 Å². The zero-order valence-corrected chi connectivity index (χ0v) is 21.2. The summed E-state index contributed by atoms with van der Waals surface area (Å²) in [7, 11) is -0.228. The lowest BCUT2D eigenvalue weighted by Gasteiger charge is -2.30. The first kappa shape index (κ1) is 23.9. The highest BCUT2D eigenvalue weighted by molar-refractivity contribution is 7.92. The molecule has 10 nitrogen and oxygen atoms in total. The van der Waals surface area contributed by atoms with Crippen LogP contribution >= 0.6 is 0 Å². The number of rotatable bonds is 7. The number of aromatic nitrogens is 3. The molecule has 4 aromatic rings. The second kappa shape index (κ2) is 9.67. The molecule has 5 rings (SSSR count). The fourth-order valence-corrected chi connectivity index (χ4v) is 4.77. The number of fused-ring (bicyclic) bond motifs is 1. The molecule has 0 bridgehead atoms. The van der Waals surface area contributed by atoms with Gasteiger partial charge in [0.25, 0.3) is 0 Å². The van der Waals surface area contributed by atoms with Crippen molar-refractivity contribution in [2.24, 2.45) is 0 Å². The number of ether oxygens (including phenoxy) is 2. The highest BCUT2D eigenvalue weighted by atomic mass is 32.2. The van der Waals surface area contributed by atoms with Crippen molar-refractivity contribution in [3.63, 3.8) is 0 Å². The molecule has 0 spiro atoms. The fraction of sp³-hybridized carbons (Fsp3) is 0.280. The predicted molar refractivity (Wildman–Crippen MR) is 141 cm³/mol. The van der Waals surface area contributed by atoms with Gasteiger partial charge < -0.3 is 19.7 Å². The van der Waals surface area contributed by atoms with E-state index in [1.54, 1.807) is 30.9 Å². The van der Waals surface area contributed by atoms with Gasteiger partial charge in [-0.15, -0.1) is 5.10 Å². The molecular weight excluding hydrogens is 480 g/mol.